The van der Waals surface area contributed by atoms with Crippen LogP contribution in [0.1, 0.15) is 52.9 Å². The van der Waals surface area contributed by atoms with Crippen molar-refractivity contribution in [3.63, 3.8) is 0 Å². The maximum atomic E-state index is 10.4. The van der Waals surface area contributed by atoms with Gasteiger partial charge in [0.1, 0.15) is 0 Å². The van der Waals surface area contributed by atoms with Gasteiger partial charge in [-0.3, -0.25) is 4.90 Å². The fraction of sp³-hybridized carbons (Fsp3) is 1.00. The van der Waals surface area contributed by atoms with E-state index in [-0.39, 0.29) is 13.2 Å². The Balaban J connectivity index is 4.32. The van der Waals surface area contributed by atoms with Gasteiger partial charge < -0.3 is 38.1 Å². The van der Waals surface area contributed by atoms with E-state index in [1.807, 2.05) is 4.90 Å². The van der Waals surface area contributed by atoms with E-state index in [9.17, 15) is 15.3 Å². The van der Waals surface area contributed by atoms with Gasteiger partial charge in [-0.2, -0.15) is 0 Å². The first-order valence-corrected chi connectivity index (χ1v) is 14.3. The Morgan fingerprint density at radius 2 is 1.36 bits per heavy atom. The van der Waals surface area contributed by atoms with Gasteiger partial charge in [-0.15, -0.1) is 0 Å². The lowest BCUT2D eigenvalue weighted by Crippen LogP contribution is -2.44. The van der Waals surface area contributed by atoms with Crippen LogP contribution in [-0.4, -0.2) is 115 Å². The second-order valence-electron chi connectivity index (χ2n) is 8.80. The summed E-state index contributed by atoms with van der Waals surface area (Å²) in [5.41, 5.74) is 0. The summed E-state index contributed by atoms with van der Waals surface area (Å²) in [4.78, 5) is 1.85. The van der Waals surface area contributed by atoms with Crippen LogP contribution >= 0.6 is 0 Å². The average molecular weight is 498 g/mol. The number of hydrogen-bond donors (Lipinski definition) is 3. The molecule has 3 N–H and O–H groups in total. The van der Waals surface area contributed by atoms with Crippen molar-refractivity contribution >= 4 is 8.80 Å². The zero-order valence-electron chi connectivity index (χ0n) is 21.8. The smallest absolute Gasteiger partial charge is 0.392 e. The normalized spacial score (nSPS) is 16.2. The Morgan fingerprint density at radius 3 is 1.85 bits per heavy atom. The van der Waals surface area contributed by atoms with Gasteiger partial charge in [-0.25, -0.2) is 0 Å². The standard InChI is InChI=1S/C23H51NO8Si/c1-7-9-11-21(8-2)17-32-19-23(27)16-24(14-20(3)25)15-22(26)18-31-12-10-13-33(28-4,29-5)30-6/h20-23,25-27H,7-19H2,1-6H3. The third kappa shape index (κ3) is 16.2. The van der Waals surface area contributed by atoms with Crippen molar-refractivity contribution in [3.05, 3.63) is 0 Å². The fourth-order valence-corrected chi connectivity index (χ4v) is 5.42. The maximum absolute atomic E-state index is 10.4. The van der Waals surface area contributed by atoms with Crippen LogP contribution in [0.15, 0.2) is 0 Å². The minimum atomic E-state index is -2.60. The highest BCUT2D eigenvalue weighted by molar-refractivity contribution is 6.60. The summed E-state index contributed by atoms with van der Waals surface area (Å²) in [5, 5.41) is 30.6. The first kappa shape index (κ1) is 32.9. The van der Waals surface area contributed by atoms with E-state index < -0.39 is 27.1 Å². The monoisotopic (exact) mass is 497 g/mol. The third-order valence-electron chi connectivity index (χ3n) is 5.68. The Labute approximate surface area is 202 Å². The van der Waals surface area contributed by atoms with Gasteiger partial charge in [0, 0.05) is 60.2 Å². The number of unbranched alkanes of at least 4 members (excludes halogenated alkanes) is 1. The van der Waals surface area contributed by atoms with Crippen LogP contribution in [-0.2, 0) is 22.8 Å². The number of hydrogen-bond acceptors (Lipinski definition) is 9. The summed E-state index contributed by atoms with van der Waals surface area (Å²) in [6, 6.07) is 0.629. The molecular formula is C23H51NO8Si. The van der Waals surface area contributed by atoms with E-state index in [2.05, 4.69) is 13.8 Å². The fourth-order valence-electron chi connectivity index (χ4n) is 3.73. The summed E-state index contributed by atoms with van der Waals surface area (Å²) in [6.07, 6.45) is 3.30. The quantitative estimate of drug-likeness (QED) is 0.144. The van der Waals surface area contributed by atoms with E-state index in [1.54, 1.807) is 28.3 Å². The summed E-state index contributed by atoms with van der Waals surface area (Å²) in [5.74, 6) is 0.522. The van der Waals surface area contributed by atoms with Gasteiger partial charge in [0.25, 0.3) is 0 Å². The molecule has 0 aromatic carbocycles. The molecule has 0 aromatic heterocycles. The molecule has 200 valence electrons. The third-order valence-corrected chi connectivity index (χ3v) is 8.51. The molecule has 0 rings (SSSR count). The predicted octanol–water partition coefficient (Wildman–Crippen LogP) is 1.91. The molecule has 0 radical (unpaired) electrons. The number of rotatable bonds is 23. The molecule has 10 heteroatoms. The van der Waals surface area contributed by atoms with E-state index in [1.165, 1.54) is 12.8 Å². The van der Waals surface area contributed by atoms with Crippen molar-refractivity contribution < 1.29 is 38.1 Å². The highest BCUT2D eigenvalue weighted by atomic mass is 28.4. The Hall–Kier alpha value is -0.143. The topological polar surface area (TPSA) is 110 Å². The van der Waals surface area contributed by atoms with E-state index in [0.717, 1.165) is 12.8 Å². The molecule has 0 amide bonds. The molecule has 0 aliphatic rings. The largest absolute Gasteiger partial charge is 0.500 e. The summed E-state index contributed by atoms with van der Waals surface area (Å²) in [6.45, 7) is 8.52. The van der Waals surface area contributed by atoms with E-state index in [4.69, 9.17) is 22.8 Å². The molecule has 4 unspecified atom stereocenters. The summed E-state index contributed by atoms with van der Waals surface area (Å²) < 4.78 is 27.5. The van der Waals surface area contributed by atoms with E-state index >= 15 is 0 Å². The molecular weight excluding hydrogens is 446 g/mol. The predicted molar refractivity (Wildman–Crippen MR) is 131 cm³/mol. The summed E-state index contributed by atoms with van der Waals surface area (Å²) >= 11 is 0. The molecule has 0 aromatic rings. The second-order valence-corrected chi connectivity index (χ2v) is 11.9. The van der Waals surface area contributed by atoms with Gasteiger partial charge in [-0.1, -0.05) is 33.1 Å². The molecule has 0 aliphatic carbocycles. The van der Waals surface area contributed by atoms with Crippen LogP contribution in [0.2, 0.25) is 6.04 Å². The number of nitrogens with zero attached hydrogens (tertiary/aromatic N) is 1. The first-order valence-electron chi connectivity index (χ1n) is 12.3. The molecule has 0 saturated carbocycles. The molecule has 0 spiro atoms. The Bertz CT molecular complexity index is 434. The number of aliphatic hydroxyl groups is 3. The molecule has 0 saturated heterocycles. The molecule has 4 atom stereocenters. The SMILES string of the molecule is CCCCC(CC)COCC(O)CN(CC(C)O)CC(O)COCCC[Si](OC)(OC)OC. The maximum Gasteiger partial charge on any atom is 0.500 e. The van der Waals surface area contributed by atoms with Gasteiger partial charge in [0.05, 0.1) is 31.5 Å². The molecule has 0 heterocycles. The van der Waals surface area contributed by atoms with E-state index in [0.29, 0.717) is 51.2 Å². The zero-order valence-corrected chi connectivity index (χ0v) is 22.8. The van der Waals surface area contributed by atoms with Gasteiger partial charge in [-0.05, 0) is 25.7 Å². The van der Waals surface area contributed by atoms with Gasteiger partial charge in [0.2, 0.25) is 0 Å². The Morgan fingerprint density at radius 1 is 0.788 bits per heavy atom. The van der Waals surface area contributed by atoms with Crippen LogP contribution in [0, 0.1) is 5.92 Å². The van der Waals surface area contributed by atoms with Crippen LogP contribution in [0.5, 0.6) is 0 Å². The molecule has 33 heavy (non-hydrogen) atoms. The molecule has 9 nitrogen and oxygen atoms in total. The zero-order chi connectivity index (χ0) is 25.1. The number of ether oxygens (including phenoxy) is 2. The molecule has 0 aliphatic heterocycles. The van der Waals surface area contributed by atoms with Gasteiger partial charge >= 0.3 is 8.80 Å². The summed E-state index contributed by atoms with van der Waals surface area (Å²) in [7, 11) is 2.13. The van der Waals surface area contributed by atoms with Crippen LogP contribution < -0.4 is 0 Å². The average Bonchev–Trinajstić information content (AvgIpc) is 2.78. The van der Waals surface area contributed by atoms with Crippen LogP contribution in [0.3, 0.4) is 0 Å². The van der Waals surface area contributed by atoms with Crippen molar-refractivity contribution in [2.24, 2.45) is 5.92 Å². The first-order chi connectivity index (χ1) is 15.7. The van der Waals surface area contributed by atoms with Crippen molar-refractivity contribution in [3.8, 4) is 0 Å². The van der Waals surface area contributed by atoms with Crippen molar-refractivity contribution in [1.82, 2.24) is 4.90 Å². The minimum Gasteiger partial charge on any atom is -0.392 e. The second kappa shape index (κ2) is 20.1. The van der Waals surface area contributed by atoms with Crippen molar-refractivity contribution in [1.29, 1.82) is 0 Å². The highest BCUT2D eigenvalue weighted by Gasteiger charge is 2.36. The lowest BCUT2D eigenvalue weighted by Gasteiger charge is -2.28. The van der Waals surface area contributed by atoms with Crippen LogP contribution in [0.25, 0.3) is 0 Å². The minimum absolute atomic E-state index is 0.167. The number of aliphatic hydroxyl groups excluding tert-OH is 3. The van der Waals surface area contributed by atoms with Crippen molar-refractivity contribution in [2.45, 2.75) is 77.2 Å². The lowest BCUT2D eigenvalue weighted by molar-refractivity contribution is -0.0237. The van der Waals surface area contributed by atoms with Crippen LogP contribution in [0.4, 0.5) is 0 Å². The van der Waals surface area contributed by atoms with Gasteiger partial charge in [0.15, 0.2) is 0 Å². The molecule has 0 bridgehead atoms. The Kier molecular flexibility index (Phi) is 20.0. The lowest BCUT2D eigenvalue weighted by atomic mass is 10.0. The molecule has 0 fully saturated rings. The highest BCUT2D eigenvalue weighted by Crippen LogP contribution is 2.15. The van der Waals surface area contributed by atoms with Crippen molar-refractivity contribution in [2.75, 3.05) is 67.4 Å².